The highest BCUT2D eigenvalue weighted by atomic mass is 32.2. The number of methoxy groups -OCH3 is 3. The third-order valence-electron chi connectivity index (χ3n) is 3.99. The molecule has 0 unspecified atom stereocenters. The third kappa shape index (κ3) is 3.35. The molecule has 0 amide bonds. The molecule has 0 spiro atoms. The van der Waals surface area contributed by atoms with Gasteiger partial charge in [-0.3, -0.25) is 0 Å². The average molecular weight is 393 g/mol. The Morgan fingerprint density at radius 2 is 1.62 bits per heavy atom. The van der Waals surface area contributed by atoms with Gasteiger partial charge in [-0.15, -0.1) is 11.3 Å². The molecule has 0 aliphatic heterocycles. The van der Waals surface area contributed by atoms with Crippen LogP contribution in [0.1, 0.15) is 10.4 Å². The van der Waals surface area contributed by atoms with Crippen molar-refractivity contribution in [3.05, 3.63) is 46.8 Å². The summed E-state index contributed by atoms with van der Waals surface area (Å²) in [6.07, 6.45) is 0.377. The number of ether oxygens (including phenoxy) is 3. The van der Waals surface area contributed by atoms with Crippen molar-refractivity contribution in [1.29, 1.82) is 0 Å². The molecule has 2 aromatic carbocycles. The van der Waals surface area contributed by atoms with Crippen LogP contribution in [0.5, 0.6) is 17.2 Å². The van der Waals surface area contributed by atoms with E-state index < -0.39 is 10.0 Å². The first kappa shape index (κ1) is 18.5. The molecule has 3 rings (SSSR count). The third-order valence-corrected chi connectivity index (χ3v) is 6.33. The quantitative estimate of drug-likeness (QED) is 0.695. The number of sulfonamides is 1. The Morgan fingerprint density at radius 3 is 2.15 bits per heavy atom. The first-order valence-electron chi connectivity index (χ1n) is 7.71. The van der Waals surface area contributed by atoms with Gasteiger partial charge in [-0.05, 0) is 23.8 Å². The first-order chi connectivity index (χ1) is 12.4. The zero-order valence-electron chi connectivity index (χ0n) is 14.6. The minimum absolute atomic E-state index is 0.173. The van der Waals surface area contributed by atoms with Gasteiger partial charge in [-0.25, -0.2) is 13.6 Å². The summed E-state index contributed by atoms with van der Waals surface area (Å²) in [7, 11) is 0.751. The largest absolute Gasteiger partial charge is 0.493 e. The van der Waals surface area contributed by atoms with Crippen molar-refractivity contribution < 1.29 is 22.6 Å². The summed E-state index contributed by atoms with van der Waals surface area (Å²) in [5.41, 5.74) is 0.830. The lowest BCUT2D eigenvalue weighted by Gasteiger charge is -2.14. The Bertz CT molecular complexity index is 1030. The highest BCUT2D eigenvalue weighted by Crippen LogP contribution is 2.41. The van der Waals surface area contributed by atoms with Gasteiger partial charge >= 0.3 is 0 Å². The van der Waals surface area contributed by atoms with Crippen LogP contribution in [0.4, 0.5) is 0 Å². The monoisotopic (exact) mass is 393 g/mol. The molecule has 0 fully saturated rings. The van der Waals surface area contributed by atoms with Crippen LogP contribution >= 0.6 is 11.3 Å². The fraction of sp³-hybridized carbons (Fsp3) is 0.222. The van der Waals surface area contributed by atoms with E-state index in [4.69, 9.17) is 19.3 Å². The summed E-state index contributed by atoms with van der Waals surface area (Å²) in [4.78, 5) is 0.842. The fourth-order valence-corrected chi connectivity index (χ4v) is 5.47. The number of thiophene rings is 1. The maximum Gasteiger partial charge on any atom is 0.239 e. The number of benzene rings is 2. The SMILES string of the molecule is COc1cc(Cc2sc3ccccc3c2S(N)(=O)=O)cc(OC)c1OC. The van der Waals surface area contributed by atoms with E-state index in [1.54, 1.807) is 24.3 Å². The van der Waals surface area contributed by atoms with Crippen LogP contribution in [0, 0.1) is 0 Å². The van der Waals surface area contributed by atoms with Crippen LogP contribution in [0.25, 0.3) is 10.1 Å². The second-order valence-electron chi connectivity index (χ2n) is 5.61. The molecule has 1 heterocycles. The van der Waals surface area contributed by atoms with E-state index in [9.17, 15) is 8.42 Å². The van der Waals surface area contributed by atoms with E-state index in [1.165, 1.54) is 32.7 Å². The van der Waals surface area contributed by atoms with Crippen molar-refractivity contribution in [1.82, 2.24) is 0 Å². The van der Waals surface area contributed by atoms with Gasteiger partial charge in [-0.2, -0.15) is 0 Å². The van der Waals surface area contributed by atoms with Gasteiger partial charge in [0.25, 0.3) is 0 Å². The maximum atomic E-state index is 12.2. The number of fused-ring (bicyclic) bond motifs is 1. The molecule has 0 bridgehead atoms. The smallest absolute Gasteiger partial charge is 0.239 e. The summed E-state index contributed by atoms with van der Waals surface area (Å²) in [6, 6.07) is 10.9. The number of nitrogens with two attached hydrogens (primary N) is 1. The minimum Gasteiger partial charge on any atom is -0.493 e. The van der Waals surface area contributed by atoms with E-state index in [2.05, 4.69) is 0 Å². The molecule has 0 aliphatic rings. The van der Waals surface area contributed by atoms with Crippen molar-refractivity contribution in [2.24, 2.45) is 5.14 Å². The van der Waals surface area contributed by atoms with Crippen LogP contribution in [0.15, 0.2) is 41.3 Å². The highest BCUT2D eigenvalue weighted by molar-refractivity contribution is 7.89. The molecule has 0 aliphatic carbocycles. The molecular weight excluding hydrogens is 374 g/mol. The topological polar surface area (TPSA) is 87.9 Å². The Balaban J connectivity index is 2.15. The summed E-state index contributed by atoms with van der Waals surface area (Å²) in [6.45, 7) is 0. The van der Waals surface area contributed by atoms with Crippen molar-refractivity contribution in [2.45, 2.75) is 11.3 Å². The van der Waals surface area contributed by atoms with Gasteiger partial charge in [0, 0.05) is 21.4 Å². The van der Waals surface area contributed by atoms with Crippen molar-refractivity contribution in [3.63, 3.8) is 0 Å². The van der Waals surface area contributed by atoms with Gasteiger partial charge in [0.15, 0.2) is 11.5 Å². The molecule has 138 valence electrons. The number of rotatable bonds is 6. The summed E-state index contributed by atoms with van der Waals surface area (Å²) < 4.78 is 41.3. The lowest BCUT2D eigenvalue weighted by molar-refractivity contribution is 0.324. The Kier molecular flexibility index (Phi) is 5.08. The molecular formula is C18H19NO5S2. The lowest BCUT2D eigenvalue weighted by atomic mass is 10.1. The zero-order valence-corrected chi connectivity index (χ0v) is 16.2. The van der Waals surface area contributed by atoms with Gasteiger partial charge in [0.2, 0.25) is 15.8 Å². The molecule has 2 N–H and O–H groups in total. The van der Waals surface area contributed by atoms with Crippen LogP contribution in [0.2, 0.25) is 0 Å². The van der Waals surface area contributed by atoms with Crippen molar-refractivity contribution in [2.75, 3.05) is 21.3 Å². The lowest BCUT2D eigenvalue weighted by Crippen LogP contribution is -2.13. The van der Waals surface area contributed by atoms with E-state index in [0.717, 1.165) is 10.3 Å². The highest BCUT2D eigenvalue weighted by Gasteiger charge is 2.22. The van der Waals surface area contributed by atoms with Crippen LogP contribution in [0.3, 0.4) is 0 Å². The van der Waals surface area contributed by atoms with Gasteiger partial charge in [-0.1, -0.05) is 18.2 Å². The molecule has 0 saturated carbocycles. The summed E-state index contributed by atoms with van der Waals surface area (Å²) >= 11 is 1.41. The molecule has 8 heteroatoms. The molecule has 1 aromatic heterocycles. The van der Waals surface area contributed by atoms with Crippen molar-refractivity contribution >= 4 is 31.4 Å². The second kappa shape index (κ2) is 7.14. The van der Waals surface area contributed by atoms with E-state index in [0.29, 0.717) is 33.9 Å². The molecule has 0 atom stereocenters. The average Bonchev–Trinajstić information content (AvgIpc) is 2.98. The molecule has 0 radical (unpaired) electrons. The van der Waals surface area contributed by atoms with Crippen LogP contribution in [-0.2, 0) is 16.4 Å². The Morgan fingerprint density at radius 1 is 1.00 bits per heavy atom. The normalized spacial score (nSPS) is 11.5. The van der Waals surface area contributed by atoms with Crippen LogP contribution < -0.4 is 19.3 Å². The summed E-state index contributed by atoms with van der Waals surface area (Å²) in [5.74, 6) is 1.52. The van der Waals surface area contributed by atoms with E-state index in [1.807, 2.05) is 12.1 Å². The maximum absolute atomic E-state index is 12.2. The van der Waals surface area contributed by atoms with Crippen molar-refractivity contribution in [3.8, 4) is 17.2 Å². The number of primary sulfonamides is 1. The van der Waals surface area contributed by atoms with Gasteiger partial charge in [0.1, 0.15) is 4.90 Å². The standard InChI is InChI=1S/C18H19NO5S2/c1-22-13-8-11(9-14(23-2)17(13)24-3)10-16-18(26(19,20)21)12-6-4-5-7-15(12)25-16/h4-9H,10H2,1-3H3,(H2,19,20,21). The van der Waals surface area contributed by atoms with Crippen LogP contribution in [-0.4, -0.2) is 29.7 Å². The second-order valence-corrected chi connectivity index (χ2v) is 8.24. The Labute approximate surface area is 156 Å². The van der Waals surface area contributed by atoms with E-state index >= 15 is 0 Å². The van der Waals surface area contributed by atoms with Gasteiger partial charge < -0.3 is 14.2 Å². The predicted octanol–water partition coefficient (Wildman–Crippen LogP) is 3.17. The van der Waals surface area contributed by atoms with E-state index in [-0.39, 0.29) is 4.90 Å². The molecule has 3 aromatic rings. The number of hydrogen-bond donors (Lipinski definition) is 1. The fourth-order valence-electron chi connectivity index (χ4n) is 2.92. The molecule has 26 heavy (non-hydrogen) atoms. The minimum atomic E-state index is -3.86. The molecule has 0 saturated heterocycles. The van der Waals surface area contributed by atoms with Gasteiger partial charge in [0.05, 0.1) is 21.3 Å². The predicted molar refractivity (Wildman–Crippen MR) is 102 cm³/mol. The first-order valence-corrected chi connectivity index (χ1v) is 10.1. The Hall–Kier alpha value is -2.29. The molecule has 6 nitrogen and oxygen atoms in total. The zero-order chi connectivity index (χ0) is 18.9. The number of hydrogen-bond acceptors (Lipinski definition) is 6. The summed E-state index contributed by atoms with van der Waals surface area (Å²) in [5, 5.41) is 6.13.